The van der Waals surface area contributed by atoms with Crippen molar-refractivity contribution in [1.29, 1.82) is 0 Å². The summed E-state index contributed by atoms with van der Waals surface area (Å²) in [6.45, 7) is 3.10. The number of halogens is 1. The van der Waals surface area contributed by atoms with Gasteiger partial charge in [0, 0.05) is 47.0 Å². The Kier molecular flexibility index (Phi) is 8.26. The molecular weight excluding hydrogens is 567 g/mol. The lowest BCUT2D eigenvalue weighted by Crippen LogP contribution is -2.28. The Bertz CT molecular complexity index is 1810. The van der Waals surface area contributed by atoms with Crippen LogP contribution in [0.4, 0.5) is 10.2 Å². The third-order valence-electron chi connectivity index (χ3n) is 7.25. The van der Waals surface area contributed by atoms with E-state index in [1.165, 1.54) is 6.07 Å². The largest absolute Gasteiger partial charge is 0.494 e. The number of anilines is 1. The lowest BCUT2D eigenvalue weighted by atomic mass is 10.0. The lowest BCUT2D eigenvalue weighted by molar-refractivity contribution is 0.100. The maximum atomic E-state index is 16.3. The average molecular weight is 599 g/mol. The molecule has 11 nitrogen and oxygen atoms in total. The smallest absolute Gasteiger partial charge is 0.249 e. The van der Waals surface area contributed by atoms with E-state index < -0.39 is 17.8 Å². The quantitative estimate of drug-likeness (QED) is 0.158. The molecular formula is C32H31FN6O5. The Balaban J connectivity index is 1.41. The number of aromatic amines is 1. The molecule has 0 bridgehead atoms. The molecule has 0 aliphatic carbocycles. The second-order valence-electron chi connectivity index (χ2n) is 10.2. The number of hydroxylamine groups is 1. The highest BCUT2D eigenvalue weighted by Crippen LogP contribution is 2.36. The summed E-state index contributed by atoms with van der Waals surface area (Å²) in [7, 11) is 0. The number of hydrogen-bond acceptors (Lipinski definition) is 9. The molecule has 0 spiro atoms. The van der Waals surface area contributed by atoms with Gasteiger partial charge in [-0.2, -0.15) is 0 Å². The molecule has 6 rings (SSSR count). The van der Waals surface area contributed by atoms with E-state index in [0.29, 0.717) is 66.2 Å². The van der Waals surface area contributed by atoms with E-state index in [2.05, 4.69) is 15.4 Å². The minimum Gasteiger partial charge on any atom is -0.494 e. The van der Waals surface area contributed by atoms with Gasteiger partial charge in [-0.25, -0.2) is 14.4 Å². The molecule has 2 atom stereocenters. The van der Waals surface area contributed by atoms with Crippen molar-refractivity contribution in [1.82, 2.24) is 20.4 Å². The molecule has 3 aromatic carbocycles. The topological polar surface area (TPSA) is 160 Å². The van der Waals surface area contributed by atoms with E-state index in [-0.39, 0.29) is 17.4 Å². The fourth-order valence-electron chi connectivity index (χ4n) is 5.10. The molecule has 0 saturated carbocycles. The molecule has 2 aromatic heterocycles. The minimum atomic E-state index is -0.981. The molecule has 0 radical (unpaired) electrons. The van der Waals surface area contributed by atoms with Gasteiger partial charge in [-0.3, -0.25) is 4.79 Å². The number of nitrogens with one attached hydrogen (secondary N) is 2. The van der Waals surface area contributed by atoms with Gasteiger partial charge in [0.2, 0.25) is 5.91 Å². The Hall–Kier alpha value is -5.20. The summed E-state index contributed by atoms with van der Waals surface area (Å²) in [4.78, 5) is 30.1. The van der Waals surface area contributed by atoms with Crippen molar-refractivity contribution in [2.75, 3.05) is 25.6 Å². The third-order valence-corrected chi connectivity index (χ3v) is 7.25. The van der Waals surface area contributed by atoms with E-state index in [4.69, 9.17) is 35.5 Å². The van der Waals surface area contributed by atoms with E-state index in [9.17, 15) is 4.79 Å². The first-order chi connectivity index (χ1) is 21.4. The van der Waals surface area contributed by atoms with Gasteiger partial charge in [0.25, 0.3) is 0 Å². The molecule has 12 heteroatoms. The number of ether oxygens (including phenoxy) is 3. The van der Waals surface area contributed by atoms with Crippen molar-refractivity contribution in [2.24, 2.45) is 5.73 Å². The van der Waals surface area contributed by atoms with Crippen LogP contribution in [-0.4, -0.2) is 46.8 Å². The van der Waals surface area contributed by atoms with Crippen LogP contribution in [-0.2, 0) is 4.74 Å². The van der Waals surface area contributed by atoms with Gasteiger partial charge in [0.15, 0.2) is 11.6 Å². The molecule has 226 valence electrons. The number of nitrogens with two attached hydrogens (primary N) is 2. The molecule has 1 fully saturated rings. The second kappa shape index (κ2) is 12.6. The van der Waals surface area contributed by atoms with Crippen LogP contribution in [0.15, 0.2) is 73.1 Å². The normalized spacial score (nSPS) is 15.3. The summed E-state index contributed by atoms with van der Waals surface area (Å²) in [6, 6.07) is 16.1. The van der Waals surface area contributed by atoms with Crippen LogP contribution in [0.25, 0.3) is 22.0 Å². The summed E-state index contributed by atoms with van der Waals surface area (Å²) < 4.78 is 33.5. The summed E-state index contributed by atoms with van der Waals surface area (Å²) in [5.74, 6) is 0.361. The number of carbonyl (C=O) groups excluding carboxylic acids is 1. The number of carbonyl (C=O) groups is 1. The van der Waals surface area contributed by atoms with Crippen LogP contribution in [0, 0.1) is 5.82 Å². The fourth-order valence-corrected chi connectivity index (χ4v) is 5.10. The highest BCUT2D eigenvalue weighted by Gasteiger charge is 2.28. The highest BCUT2D eigenvalue weighted by molar-refractivity contribution is 5.99. The first kappa shape index (κ1) is 28.9. The zero-order valence-electron chi connectivity index (χ0n) is 23.9. The van der Waals surface area contributed by atoms with E-state index in [1.54, 1.807) is 60.9 Å². The number of imidazole rings is 1. The number of H-pyrrole nitrogens is 1. The SMILES string of the molecule is CCOc1cc(O[C@H]2CCOC2)c(F)c(C(NOc2ccc3c(N)nccc3c2)c2nc(-c3ccccc3C(N)=O)c[nH]2)c1. The van der Waals surface area contributed by atoms with Crippen molar-refractivity contribution >= 4 is 22.5 Å². The minimum absolute atomic E-state index is 0.0211. The maximum absolute atomic E-state index is 16.3. The molecule has 1 amide bonds. The number of aromatic nitrogens is 3. The average Bonchev–Trinajstić information content (AvgIpc) is 3.72. The highest BCUT2D eigenvalue weighted by atomic mass is 19.1. The van der Waals surface area contributed by atoms with Crippen molar-refractivity contribution in [3.8, 4) is 28.5 Å². The molecule has 3 heterocycles. The van der Waals surface area contributed by atoms with Gasteiger partial charge in [-0.15, -0.1) is 5.48 Å². The van der Waals surface area contributed by atoms with Crippen LogP contribution < -0.4 is 31.3 Å². The van der Waals surface area contributed by atoms with Crippen molar-refractivity contribution in [3.63, 3.8) is 0 Å². The summed E-state index contributed by atoms with van der Waals surface area (Å²) in [5.41, 5.74) is 16.0. The number of benzene rings is 3. The number of hydrogen-bond donors (Lipinski definition) is 4. The van der Waals surface area contributed by atoms with E-state index in [1.807, 2.05) is 13.0 Å². The molecule has 1 aliphatic heterocycles. The van der Waals surface area contributed by atoms with Gasteiger partial charge in [-0.05, 0) is 48.7 Å². The molecule has 44 heavy (non-hydrogen) atoms. The number of rotatable bonds is 11. The van der Waals surface area contributed by atoms with Gasteiger partial charge >= 0.3 is 0 Å². The molecule has 1 aliphatic rings. The van der Waals surface area contributed by atoms with Gasteiger partial charge < -0.3 is 35.5 Å². The Morgan fingerprint density at radius 2 is 2.05 bits per heavy atom. The number of amides is 1. The zero-order chi connectivity index (χ0) is 30.6. The lowest BCUT2D eigenvalue weighted by Gasteiger charge is -2.22. The predicted octanol–water partition coefficient (Wildman–Crippen LogP) is 4.68. The van der Waals surface area contributed by atoms with Gasteiger partial charge in [-0.1, -0.05) is 18.2 Å². The number of fused-ring (bicyclic) bond motifs is 1. The fraction of sp³-hybridized carbons (Fsp3) is 0.219. The molecule has 1 unspecified atom stereocenters. The monoisotopic (exact) mass is 598 g/mol. The predicted molar refractivity (Wildman–Crippen MR) is 162 cm³/mol. The van der Waals surface area contributed by atoms with Crippen molar-refractivity contribution < 1.29 is 28.2 Å². The second-order valence-corrected chi connectivity index (χ2v) is 10.2. The first-order valence-electron chi connectivity index (χ1n) is 14.1. The van der Waals surface area contributed by atoms with Crippen molar-refractivity contribution in [2.45, 2.75) is 25.5 Å². The van der Waals surface area contributed by atoms with Crippen LogP contribution in [0.1, 0.15) is 41.1 Å². The number of nitrogen functional groups attached to an aromatic ring is 1. The van der Waals surface area contributed by atoms with Crippen LogP contribution in [0.2, 0.25) is 0 Å². The molecule has 6 N–H and O–H groups in total. The van der Waals surface area contributed by atoms with Crippen LogP contribution in [0.5, 0.6) is 17.2 Å². The molecule has 1 saturated heterocycles. The standard InChI is InChI=1S/C32H31FN6O5/c1-2-42-21-14-25(28(33)27(15-21)43-20-10-12-41-17-20)29(39-44-19-7-8-22-18(13-19)9-11-36-30(22)34)32-37-16-26(38-32)23-5-3-4-6-24(23)31(35)40/h3-9,11,13-16,20,29,39H,2,10,12,17H2,1H3,(H2,34,36)(H2,35,40)(H,37,38)/t20-,29?/m0/s1. The first-order valence-corrected chi connectivity index (χ1v) is 14.1. The zero-order valence-corrected chi connectivity index (χ0v) is 23.9. The molecule has 5 aromatic rings. The van der Waals surface area contributed by atoms with Crippen LogP contribution >= 0.6 is 0 Å². The Morgan fingerprint density at radius 1 is 1.18 bits per heavy atom. The van der Waals surface area contributed by atoms with Gasteiger partial charge in [0.1, 0.15) is 35.3 Å². The Labute approximate surface area is 252 Å². The number of primary amides is 1. The Morgan fingerprint density at radius 3 is 2.84 bits per heavy atom. The van der Waals surface area contributed by atoms with Crippen molar-refractivity contribution in [3.05, 3.63) is 95.8 Å². The number of pyridine rings is 1. The van der Waals surface area contributed by atoms with Crippen LogP contribution in [0.3, 0.4) is 0 Å². The summed E-state index contributed by atoms with van der Waals surface area (Å²) in [5, 5.41) is 1.59. The summed E-state index contributed by atoms with van der Waals surface area (Å²) >= 11 is 0. The van der Waals surface area contributed by atoms with Gasteiger partial charge in [0.05, 0.1) is 25.5 Å². The van der Waals surface area contributed by atoms with E-state index in [0.717, 1.165) is 10.8 Å². The summed E-state index contributed by atoms with van der Waals surface area (Å²) in [6.07, 6.45) is 3.57. The third kappa shape index (κ3) is 5.98. The number of nitrogens with zero attached hydrogens (tertiary/aromatic N) is 2. The maximum Gasteiger partial charge on any atom is 0.249 e. The van der Waals surface area contributed by atoms with E-state index >= 15 is 4.39 Å².